The van der Waals surface area contributed by atoms with Gasteiger partial charge in [0.15, 0.2) is 5.96 Å². The van der Waals surface area contributed by atoms with Crippen LogP contribution in [-0.4, -0.2) is 37.7 Å². The standard InChI is InChI=1S/C13H28N4/c1-10(2)16-13(17-11(3)4)15-9-12-5-7-14-8-6-12/h10-12,14H,5-9H2,1-4H3,(H2,15,16,17). The van der Waals surface area contributed by atoms with Crippen molar-refractivity contribution >= 4 is 5.96 Å². The molecule has 100 valence electrons. The van der Waals surface area contributed by atoms with Gasteiger partial charge in [-0.2, -0.15) is 0 Å². The summed E-state index contributed by atoms with van der Waals surface area (Å²) in [6.07, 6.45) is 2.53. The molecule has 0 aromatic heterocycles. The van der Waals surface area contributed by atoms with Gasteiger partial charge in [-0.25, -0.2) is 0 Å². The van der Waals surface area contributed by atoms with E-state index in [0.29, 0.717) is 12.1 Å². The highest BCUT2D eigenvalue weighted by molar-refractivity contribution is 5.80. The van der Waals surface area contributed by atoms with Crippen LogP contribution in [0.5, 0.6) is 0 Å². The fourth-order valence-corrected chi connectivity index (χ4v) is 1.99. The topological polar surface area (TPSA) is 48.5 Å². The second-order valence-corrected chi connectivity index (χ2v) is 5.44. The first-order valence-electron chi connectivity index (χ1n) is 6.87. The van der Waals surface area contributed by atoms with Crippen LogP contribution in [0.3, 0.4) is 0 Å². The summed E-state index contributed by atoms with van der Waals surface area (Å²) in [7, 11) is 0. The smallest absolute Gasteiger partial charge is 0.191 e. The molecule has 1 aliphatic rings. The Labute approximate surface area is 106 Å². The molecule has 0 aromatic carbocycles. The quantitative estimate of drug-likeness (QED) is 0.513. The van der Waals surface area contributed by atoms with Crippen molar-refractivity contribution < 1.29 is 0 Å². The number of hydrogen-bond donors (Lipinski definition) is 3. The van der Waals surface area contributed by atoms with E-state index < -0.39 is 0 Å². The van der Waals surface area contributed by atoms with Crippen LogP contribution in [0, 0.1) is 5.92 Å². The van der Waals surface area contributed by atoms with Gasteiger partial charge in [0.05, 0.1) is 0 Å². The zero-order valence-corrected chi connectivity index (χ0v) is 11.7. The van der Waals surface area contributed by atoms with E-state index in [2.05, 4.69) is 48.6 Å². The van der Waals surface area contributed by atoms with Gasteiger partial charge in [-0.3, -0.25) is 4.99 Å². The van der Waals surface area contributed by atoms with Crippen LogP contribution in [0.1, 0.15) is 40.5 Å². The number of hydrogen-bond acceptors (Lipinski definition) is 2. The molecule has 0 saturated carbocycles. The summed E-state index contributed by atoms with van der Waals surface area (Å²) in [6.45, 7) is 11.8. The molecule has 1 rings (SSSR count). The average molecular weight is 240 g/mol. The fraction of sp³-hybridized carbons (Fsp3) is 0.923. The zero-order valence-electron chi connectivity index (χ0n) is 11.7. The van der Waals surface area contributed by atoms with Gasteiger partial charge in [-0.05, 0) is 59.5 Å². The van der Waals surface area contributed by atoms with E-state index in [1.54, 1.807) is 0 Å². The number of piperidine rings is 1. The van der Waals surface area contributed by atoms with Gasteiger partial charge in [0, 0.05) is 18.6 Å². The van der Waals surface area contributed by atoms with Crippen molar-refractivity contribution in [3.8, 4) is 0 Å². The van der Waals surface area contributed by atoms with Gasteiger partial charge < -0.3 is 16.0 Å². The molecule has 0 aliphatic carbocycles. The lowest BCUT2D eigenvalue weighted by molar-refractivity contribution is 0.370. The van der Waals surface area contributed by atoms with E-state index in [0.717, 1.165) is 31.5 Å². The third-order valence-electron chi connectivity index (χ3n) is 2.83. The van der Waals surface area contributed by atoms with Crippen molar-refractivity contribution in [2.24, 2.45) is 10.9 Å². The number of aliphatic imine (C=N–C) groups is 1. The third-order valence-corrected chi connectivity index (χ3v) is 2.83. The lowest BCUT2D eigenvalue weighted by Gasteiger charge is -2.24. The highest BCUT2D eigenvalue weighted by Crippen LogP contribution is 2.09. The molecule has 1 aliphatic heterocycles. The fourth-order valence-electron chi connectivity index (χ4n) is 1.99. The molecule has 1 fully saturated rings. The van der Waals surface area contributed by atoms with E-state index in [9.17, 15) is 0 Å². The van der Waals surface area contributed by atoms with Crippen molar-refractivity contribution in [1.29, 1.82) is 0 Å². The summed E-state index contributed by atoms with van der Waals surface area (Å²) in [6, 6.07) is 0.754. The van der Waals surface area contributed by atoms with Crippen molar-refractivity contribution in [3.63, 3.8) is 0 Å². The lowest BCUT2D eigenvalue weighted by Crippen LogP contribution is -2.44. The van der Waals surface area contributed by atoms with Gasteiger partial charge in [-0.15, -0.1) is 0 Å². The molecular formula is C13H28N4. The maximum absolute atomic E-state index is 4.58. The Morgan fingerprint density at radius 1 is 1.24 bits per heavy atom. The van der Waals surface area contributed by atoms with E-state index in [1.807, 2.05) is 0 Å². The summed E-state index contributed by atoms with van der Waals surface area (Å²) in [5.74, 6) is 1.73. The van der Waals surface area contributed by atoms with Gasteiger partial charge in [0.2, 0.25) is 0 Å². The summed E-state index contributed by atoms with van der Waals surface area (Å²) < 4.78 is 0. The average Bonchev–Trinajstić information content (AvgIpc) is 2.26. The molecule has 1 saturated heterocycles. The molecule has 0 atom stereocenters. The lowest BCUT2D eigenvalue weighted by atomic mass is 9.98. The molecule has 0 amide bonds. The highest BCUT2D eigenvalue weighted by atomic mass is 15.2. The van der Waals surface area contributed by atoms with Gasteiger partial charge in [0.1, 0.15) is 0 Å². The monoisotopic (exact) mass is 240 g/mol. The molecule has 0 radical (unpaired) electrons. The summed E-state index contributed by atoms with van der Waals surface area (Å²) >= 11 is 0. The van der Waals surface area contributed by atoms with Crippen LogP contribution in [0.4, 0.5) is 0 Å². The number of nitrogens with zero attached hydrogens (tertiary/aromatic N) is 1. The van der Waals surface area contributed by atoms with Gasteiger partial charge in [-0.1, -0.05) is 0 Å². The van der Waals surface area contributed by atoms with Crippen molar-refractivity contribution in [2.45, 2.75) is 52.6 Å². The van der Waals surface area contributed by atoms with Crippen LogP contribution >= 0.6 is 0 Å². The van der Waals surface area contributed by atoms with E-state index in [1.165, 1.54) is 12.8 Å². The number of nitrogens with one attached hydrogen (secondary N) is 3. The predicted molar refractivity (Wildman–Crippen MR) is 74.4 cm³/mol. The molecule has 0 unspecified atom stereocenters. The first-order valence-corrected chi connectivity index (χ1v) is 6.87. The maximum atomic E-state index is 4.58. The van der Waals surface area contributed by atoms with Gasteiger partial charge >= 0.3 is 0 Å². The number of rotatable bonds is 4. The van der Waals surface area contributed by atoms with Crippen LogP contribution in [0.15, 0.2) is 4.99 Å². The Balaban J connectivity index is 2.37. The van der Waals surface area contributed by atoms with Crippen LogP contribution < -0.4 is 16.0 Å². The molecule has 4 nitrogen and oxygen atoms in total. The first-order chi connectivity index (χ1) is 8.08. The largest absolute Gasteiger partial charge is 0.356 e. The Kier molecular flexibility index (Phi) is 6.34. The Bertz CT molecular complexity index is 230. The minimum atomic E-state index is 0.330. The van der Waals surface area contributed by atoms with E-state index in [4.69, 9.17) is 0 Å². The highest BCUT2D eigenvalue weighted by Gasteiger charge is 2.13. The SMILES string of the molecule is CC(C)/N=C(/NCC1CCNCC1)NC(C)C. The molecule has 0 aromatic rings. The second-order valence-electron chi connectivity index (χ2n) is 5.44. The van der Waals surface area contributed by atoms with E-state index in [-0.39, 0.29) is 0 Å². The van der Waals surface area contributed by atoms with Crippen LogP contribution in [0.25, 0.3) is 0 Å². The molecule has 3 N–H and O–H groups in total. The Hall–Kier alpha value is -0.770. The van der Waals surface area contributed by atoms with Crippen molar-refractivity contribution in [2.75, 3.05) is 19.6 Å². The summed E-state index contributed by atoms with van der Waals surface area (Å²) in [5, 5.41) is 10.2. The molecule has 17 heavy (non-hydrogen) atoms. The van der Waals surface area contributed by atoms with Crippen molar-refractivity contribution in [1.82, 2.24) is 16.0 Å². The van der Waals surface area contributed by atoms with Crippen molar-refractivity contribution in [3.05, 3.63) is 0 Å². The third kappa shape index (κ3) is 6.51. The van der Waals surface area contributed by atoms with Crippen LogP contribution in [0.2, 0.25) is 0 Å². The summed E-state index contributed by atoms with van der Waals surface area (Å²) in [5.41, 5.74) is 0. The summed E-state index contributed by atoms with van der Waals surface area (Å²) in [4.78, 5) is 4.58. The molecular weight excluding hydrogens is 212 g/mol. The first kappa shape index (κ1) is 14.3. The second kappa shape index (κ2) is 7.54. The Morgan fingerprint density at radius 3 is 2.41 bits per heavy atom. The molecule has 4 heteroatoms. The van der Waals surface area contributed by atoms with E-state index >= 15 is 0 Å². The number of guanidine groups is 1. The van der Waals surface area contributed by atoms with Gasteiger partial charge in [0.25, 0.3) is 0 Å². The molecule has 0 spiro atoms. The molecule has 1 heterocycles. The molecule has 0 bridgehead atoms. The normalized spacial score (nSPS) is 18.8. The zero-order chi connectivity index (χ0) is 12.7. The maximum Gasteiger partial charge on any atom is 0.191 e. The van der Waals surface area contributed by atoms with Crippen LogP contribution in [-0.2, 0) is 0 Å². The Morgan fingerprint density at radius 2 is 1.88 bits per heavy atom. The minimum absolute atomic E-state index is 0.330. The minimum Gasteiger partial charge on any atom is -0.356 e. The predicted octanol–water partition coefficient (Wildman–Crippen LogP) is 1.34.